The Morgan fingerprint density at radius 2 is 1.84 bits per heavy atom. The quantitative estimate of drug-likeness (QED) is 0.477. The monoisotopic (exact) mass is 418 g/mol. The van der Waals surface area contributed by atoms with Crippen LogP contribution in [0.1, 0.15) is 12.7 Å². The minimum Gasteiger partial charge on any atom is -0.497 e. The molecule has 0 radical (unpaired) electrons. The van der Waals surface area contributed by atoms with Gasteiger partial charge < -0.3 is 14.2 Å². The van der Waals surface area contributed by atoms with Crippen LogP contribution in [0.3, 0.4) is 0 Å². The van der Waals surface area contributed by atoms with Crippen molar-refractivity contribution in [3.63, 3.8) is 0 Å². The number of benzene rings is 2. The van der Waals surface area contributed by atoms with Gasteiger partial charge in [0.15, 0.2) is 5.52 Å². The van der Waals surface area contributed by atoms with E-state index in [0.29, 0.717) is 29.1 Å². The minimum atomic E-state index is -0.471. The molecule has 0 aliphatic rings. The molecule has 158 valence electrons. The summed E-state index contributed by atoms with van der Waals surface area (Å²) < 4.78 is 11.6. The summed E-state index contributed by atoms with van der Waals surface area (Å²) in [5.41, 5.74) is 1.72. The molecule has 8 nitrogen and oxygen atoms in total. The number of rotatable bonds is 6. The minimum absolute atomic E-state index is 0.147. The van der Waals surface area contributed by atoms with Crippen LogP contribution in [0.4, 0.5) is 5.69 Å². The third-order valence-corrected chi connectivity index (χ3v) is 5.09. The topological polar surface area (TPSA) is 90.5 Å². The van der Waals surface area contributed by atoms with E-state index in [-0.39, 0.29) is 18.0 Å². The second kappa shape index (κ2) is 8.43. The third kappa shape index (κ3) is 3.79. The van der Waals surface area contributed by atoms with Crippen LogP contribution in [0.5, 0.6) is 5.75 Å². The number of nitrogens with zero attached hydrogens (tertiary/aromatic N) is 4. The molecule has 0 aliphatic carbocycles. The standard InChI is InChI=1S/C23H22N4O4/c1-4-26(17-8-6-5-7-9-17)19(28)14-27-23(29)22-20(15(2)31-25-22)21(24-27)16-10-12-18(30-3)13-11-16/h5-13H,4,14H2,1-3H3. The summed E-state index contributed by atoms with van der Waals surface area (Å²) in [6.07, 6.45) is 0. The average Bonchev–Trinajstić information content (AvgIpc) is 3.19. The van der Waals surface area contributed by atoms with Gasteiger partial charge in [-0.05, 0) is 50.2 Å². The van der Waals surface area contributed by atoms with Crippen molar-refractivity contribution in [2.24, 2.45) is 0 Å². The van der Waals surface area contributed by atoms with Gasteiger partial charge in [0.25, 0.3) is 5.56 Å². The predicted molar refractivity (Wildman–Crippen MR) is 117 cm³/mol. The maximum absolute atomic E-state index is 13.0. The second-order valence-electron chi connectivity index (χ2n) is 6.98. The number of hydrogen-bond donors (Lipinski definition) is 0. The zero-order valence-corrected chi connectivity index (χ0v) is 17.5. The zero-order chi connectivity index (χ0) is 22.0. The zero-order valence-electron chi connectivity index (χ0n) is 17.5. The largest absolute Gasteiger partial charge is 0.497 e. The van der Waals surface area contributed by atoms with Crippen LogP contribution in [0.15, 0.2) is 63.9 Å². The highest BCUT2D eigenvalue weighted by molar-refractivity contribution is 5.95. The molecule has 31 heavy (non-hydrogen) atoms. The van der Waals surface area contributed by atoms with E-state index in [1.54, 1.807) is 31.1 Å². The number of para-hydroxylation sites is 1. The molecule has 0 atom stereocenters. The molecule has 4 rings (SSSR count). The number of anilines is 1. The number of amides is 1. The lowest BCUT2D eigenvalue weighted by Gasteiger charge is -2.21. The van der Waals surface area contributed by atoms with Crippen molar-refractivity contribution in [2.45, 2.75) is 20.4 Å². The lowest BCUT2D eigenvalue weighted by molar-refractivity contribution is -0.119. The van der Waals surface area contributed by atoms with E-state index >= 15 is 0 Å². The van der Waals surface area contributed by atoms with Gasteiger partial charge in [0.05, 0.1) is 12.5 Å². The predicted octanol–water partition coefficient (Wildman–Crippen LogP) is 3.42. The van der Waals surface area contributed by atoms with Crippen molar-refractivity contribution >= 4 is 22.5 Å². The van der Waals surface area contributed by atoms with Crippen molar-refractivity contribution in [3.05, 3.63) is 70.7 Å². The van der Waals surface area contributed by atoms with Crippen molar-refractivity contribution in [3.8, 4) is 17.0 Å². The molecular weight excluding hydrogens is 396 g/mol. The highest BCUT2D eigenvalue weighted by Gasteiger charge is 2.22. The Hall–Kier alpha value is -3.94. The van der Waals surface area contributed by atoms with Gasteiger partial charge in [0.1, 0.15) is 23.7 Å². The third-order valence-electron chi connectivity index (χ3n) is 5.09. The molecule has 0 fully saturated rings. The van der Waals surface area contributed by atoms with E-state index in [2.05, 4.69) is 10.3 Å². The summed E-state index contributed by atoms with van der Waals surface area (Å²) in [4.78, 5) is 27.6. The lowest BCUT2D eigenvalue weighted by Crippen LogP contribution is -2.37. The summed E-state index contributed by atoms with van der Waals surface area (Å²) in [6.45, 7) is 3.86. The van der Waals surface area contributed by atoms with Gasteiger partial charge in [-0.1, -0.05) is 23.4 Å². The number of ether oxygens (including phenoxy) is 1. The first-order chi connectivity index (χ1) is 15.0. The van der Waals surface area contributed by atoms with E-state index in [4.69, 9.17) is 9.26 Å². The van der Waals surface area contributed by atoms with Crippen LogP contribution in [0, 0.1) is 6.92 Å². The first kappa shape index (κ1) is 20.3. The van der Waals surface area contributed by atoms with E-state index in [0.717, 1.165) is 15.9 Å². The van der Waals surface area contributed by atoms with Crippen LogP contribution >= 0.6 is 0 Å². The van der Waals surface area contributed by atoms with Gasteiger partial charge in [0, 0.05) is 17.8 Å². The summed E-state index contributed by atoms with van der Waals surface area (Å²) in [5, 5.41) is 8.99. The number of aryl methyl sites for hydroxylation is 1. The number of likely N-dealkylation sites (N-methyl/N-ethyl adjacent to an activating group) is 1. The highest BCUT2D eigenvalue weighted by atomic mass is 16.5. The Morgan fingerprint density at radius 3 is 2.48 bits per heavy atom. The molecular formula is C23H22N4O4. The van der Waals surface area contributed by atoms with E-state index in [9.17, 15) is 9.59 Å². The molecule has 0 N–H and O–H groups in total. The van der Waals surface area contributed by atoms with Crippen LogP contribution in [-0.2, 0) is 11.3 Å². The lowest BCUT2D eigenvalue weighted by atomic mass is 10.1. The summed E-state index contributed by atoms with van der Waals surface area (Å²) in [7, 11) is 1.59. The molecule has 0 saturated heterocycles. The molecule has 0 aliphatic heterocycles. The fourth-order valence-corrected chi connectivity index (χ4v) is 3.52. The maximum Gasteiger partial charge on any atom is 0.297 e. The van der Waals surface area contributed by atoms with Gasteiger partial charge in [-0.2, -0.15) is 5.10 Å². The molecule has 2 heterocycles. The first-order valence-corrected chi connectivity index (χ1v) is 9.90. The normalized spacial score (nSPS) is 10.9. The molecule has 0 bridgehead atoms. The van der Waals surface area contributed by atoms with E-state index < -0.39 is 5.56 Å². The van der Waals surface area contributed by atoms with Crippen LogP contribution < -0.4 is 15.2 Å². The number of carbonyl (C=O) groups is 1. The van der Waals surface area contributed by atoms with Gasteiger partial charge >= 0.3 is 0 Å². The number of carbonyl (C=O) groups excluding carboxylic acids is 1. The fraction of sp³-hybridized carbons (Fsp3) is 0.217. The van der Waals surface area contributed by atoms with Gasteiger partial charge in [-0.25, -0.2) is 4.68 Å². The Bertz CT molecular complexity index is 1280. The molecule has 1 amide bonds. The molecule has 2 aromatic heterocycles. The molecule has 0 unspecified atom stereocenters. The molecule has 4 aromatic rings. The molecule has 0 saturated carbocycles. The van der Waals surface area contributed by atoms with Gasteiger partial charge in [-0.3, -0.25) is 9.59 Å². The Kier molecular flexibility index (Phi) is 5.53. The van der Waals surface area contributed by atoms with Crippen LogP contribution in [-0.4, -0.2) is 34.5 Å². The fourth-order valence-electron chi connectivity index (χ4n) is 3.52. The average molecular weight is 418 g/mol. The summed E-state index contributed by atoms with van der Waals surface area (Å²) in [6, 6.07) is 16.6. The number of aromatic nitrogens is 3. The Labute approximate surface area is 178 Å². The molecule has 8 heteroatoms. The van der Waals surface area contributed by atoms with E-state index in [1.165, 1.54) is 0 Å². The second-order valence-corrected chi connectivity index (χ2v) is 6.98. The van der Waals surface area contributed by atoms with Crippen molar-refractivity contribution < 1.29 is 14.1 Å². The van der Waals surface area contributed by atoms with Crippen LogP contribution in [0.25, 0.3) is 22.2 Å². The van der Waals surface area contributed by atoms with E-state index in [1.807, 2.05) is 49.4 Å². The number of fused-ring (bicyclic) bond motifs is 1. The Morgan fingerprint density at radius 1 is 1.13 bits per heavy atom. The maximum atomic E-state index is 13.0. The number of hydrogen-bond acceptors (Lipinski definition) is 6. The molecule has 0 spiro atoms. The molecule has 2 aromatic carbocycles. The smallest absolute Gasteiger partial charge is 0.297 e. The summed E-state index contributed by atoms with van der Waals surface area (Å²) >= 11 is 0. The highest BCUT2D eigenvalue weighted by Crippen LogP contribution is 2.28. The Balaban J connectivity index is 1.78. The first-order valence-electron chi connectivity index (χ1n) is 9.90. The van der Waals surface area contributed by atoms with Crippen molar-refractivity contribution in [1.82, 2.24) is 14.9 Å². The van der Waals surface area contributed by atoms with Crippen molar-refractivity contribution in [1.29, 1.82) is 0 Å². The summed E-state index contributed by atoms with van der Waals surface area (Å²) in [5.74, 6) is 0.943. The van der Waals surface area contributed by atoms with Gasteiger partial charge in [0.2, 0.25) is 5.91 Å². The van der Waals surface area contributed by atoms with Crippen LogP contribution in [0.2, 0.25) is 0 Å². The SMILES string of the molecule is CCN(C(=O)Cn1nc(-c2ccc(OC)cc2)c2c(C)onc2c1=O)c1ccccc1. The van der Waals surface area contributed by atoms with Crippen molar-refractivity contribution in [2.75, 3.05) is 18.6 Å². The number of methoxy groups -OCH3 is 1. The van der Waals surface area contributed by atoms with Gasteiger partial charge in [-0.15, -0.1) is 0 Å².